The van der Waals surface area contributed by atoms with E-state index in [4.69, 9.17) is 0 Å². The highest BCUT2D eigenvalue weighted by molar-refractivity contribution is 5.46. The van der Waals surface area contributed by atoms with Gasteiger partial charge in [-0.15, -0.1) is 0 Å². The number of hydrogen-bond donors (Lipinski definition) is 0. The van der Waals surface area contributed by atoms with Crippen LogP contribution < -0.4 is 4.90 Å². The molecule has 1 fully saturated rings. The van der Waals surface area contributed by atoms with Crippen LogP contribution in [0.1, 0.15) is 12.8 Å². The molecule has 1 aliphatic rings. The van der Waals surface area contributed by atoms with E-state index < -0.39 is 0 Å². The second-order valence-corrected chi connectivity index (χ2v) is 3.78. The summed E-state index contributed by atoms with van der Waals surface area (Å²) in [6, 6.07) is 6.95. The van der Waals surface area contributed by atoms with Gasteiger partial charge < -0.3 is 4.90 Å². The molecule has 1 nitrogen and oxygen atoms in total. The first-order chi connectivity index (χ1) is 6.27. The van der Waals surface area contributed by atoms with E-state index in [0.717, 1.165) is 18.2 Å². The normalized spacial score (nSPS) is 15.8. The van der Waals surface area contributed by atoms with Crippen LogP contribution in [-0.4, -0.2) is 13.6 Å². The lowest BCUT2D eigenvalue weighted by atomic mass is 10.2. The number of nitrogens with zero attached hydrogens (tertiary/aromatic N) is 1. The molecule has 2 heteroatoms. The van der Waals surface area contributed by atoms with Gasteiger partial charge in [-0.2, -0.15) is 0 Å². The topological polar surface area (TPSA) is 3.24 Å². The molecule has 0 bridgehead atoms. The van der Waals surface area contributed by atoms with Gasteiger partial charge in [-0.25, -0.2) is 4.39 Å². The Hall–Kier alpha value is -1.05. The van der Waals surface area contributed by atoms with Gasteiger partial charge in [-0.3, -0.25) is 0 Å². The minimum atomic E-state index is -0.120. The van der Waals surface area contributed by atoms with Crippen molar-refractivity contribution in [1.82, 2.24) is 0 Å². The highest BCUT2D eigenvalue weighted by Gasteiger charge is 2.23. The molecule has 0 saturated heterocycles. The minimum absolute atomic E-state index is 0.120. The van der Waals surface area contributed by atoms with E-state index in [1.54, 1.807) is 6.07 Å². The number of hydrogen-bond acceptors (Lipinski definition) is 1. The van der Waals surface area contributed by atoms with Crippen molar-refractivity contribution in [2.24, 2.45) is 5.92 Å². The lowest BCUT2D eigenvalue weighted by Crippen LogP contribution is -2.20. The summed E-state index contributed by atoms with van der Waals surface area (Å²) in [6.45, 7) is 0.987. The van der Waals surface area contributed by atoms with Gasteiger partial charge in [0.15, 0.2) is 0 Å². The predicted octanol–water partition coefficient (Wildman–Crippen LogP) is 2.67. The van der Waals surface area contributed by atoms with Crippen LogP contribution in [0.5, 0.6) is 0 Å². The molecule has 0 unspecified atom stereocenters. The maximum Gasteiger partial charge on any atom is 0.146 e. The number of benzene rings is 1. The zero-order chi connectivity index (χ0) is 9.26. The van der Waals surface area contributed by atoms with Crippen LogP contribution in [0, 0.1) is 11.7 Å². The molecular weight excluding hydrogens is 165 g/mol. The van der Waals surface area contributed by atoms with Crippen molar-refractivity contribution in [3.8, 4) is 0 Å². The van der Waals surface area contributed by atoms with Crippen LogP contribution in [0.15, 0.2) is 24.3 Å². The Morgan fingerprint density at radius 1 is 1.38 bits per heavy atom. The van der Waals surface area contributed by atoms with E-state index in [9.17, 15) is 4.39 Å². The zero-order valence-corrected chi connectivity index (χ0v) is 7.83. The summed E-state index contributed by atoms with van der Waals surface area (Å²) in [7, 11) is 1.96. The Labute approximate surface area is 78.2 Å². The third-order valence-corrected chi connectivity index (χ3v) is 2.49. The maximum atomic E-state index is 13.3. The Balaban J connectivity index is 2.09. The summed E-state index contributed by atoms with van der Waals surface area (Å²) in [5, 5.41) is 0. The molecule has 0 aliphatic heterocycles. The molecule has 1 aliphatic carbocycles. The van der Waals surface area contributed by atoms with Crippen LogP contribution in [0.2, 0.25) is 0 Å². The summed E-state index contributed by atoms with van der Waals surface area (Å²) in [5.74, 6) is 0.676. The fraction of sp³-hybridized carbons (Fsp3) is 0.455. The monoisotopic (exact) mass is 179 g/mol. The Morgan fingerprint density at radius 2 is 2.08 bits per heavy atom. The quantitative estimate of drug-likeness (QED) is 0.689. The molecule has 0 heterocycles. The van der Waals surface area contributed by atoms with Crippen molar-refractivity contribution in [2.45, 2.75) is 12.8 Å². The second kappa shape index (κ2) is 3.36. The fourth-order valence-electron chi connectivity index (χ4n) is 1.55. The van der Waals surface area contributed by atoms with E-state index in [0.29, 0.717) is 0 Å². The average Bonchev–Trinajstić information content (AvgIpc) is 2.89. The molecule has 0 spiro atoms. The first kappa shape index (κ1) is 8.54. The van der Waals surface area contributed by atoms with Gasteiger partial charge in [0.25, 0.3) is 0 Å². The van der Waals surface area contributed by atoms with E-state index >= 15 is 0 Å². The maximum absolute atomic E-state index is 13.3. The molecule has 1 aromatic rings. The van der Waals surface area contributed by atoms with Gasteiger partial charge in [0.05, 0.1) is 5.69 Å². The van der Waals surface area contributed by atoms with Gasteiger partial charge in [0, 0.05) is 13.6 Å². The van der Waals surface area contributed by atoms with Gasteiger partial charge in [-0.1, -0.05) is 12.1 Å². The SMILES string of the molecule is CN(CC1CC1)c1ccccc1F. The number of halogens is 1. The third-order valence-electron chi connectivity index (χ3n) is 2.49. The van der Waals surface area contributed by atoms with Crippen molar-refractivity contribution >= 4 is 5.69 Å². The van der Waals surface area contributed by atoms with Crippen LogP contribution >= 0.6 is 0 Å². The lowest BCUT2D eigenvalue weighted by molar-refractivity contribution is 0.619. The van der Waals surface area contributed by atoms with Crippen molar-refractivity contribution in [2.75, 3.05) is 18.5 Å². The van der Waals surface area contributed by atoms with Crippen molar-refractivity contribution < 1.29 is 4.39 Å². The first-order valence-electron chi connectivity index (χ1n) is 4.73. The second-order valence-electron chi connectivity index (χ2n) is 3.78. The molecule has 0 atom stereocenters. The molecule has 1 aromatic carbocycles. The fourth-order valence-corrected chi connectivity index (χ4v) is 1.55. The number of rotatable bonds is 3. The van der Waals surface area contributed by atoms with Crippen molar-refractivity contribution in [3.63, 3.8) is 0 Å². The molecular formula is C11H14FN. The van der Waals surface area contributed by atoms with E-state index in [-0.39, 0.29) is 5.82 Å². The number of para-hydroxylation sites is 1. The van der Waals surface area contributed by atoms with E-state index in [1.807, 2.05) is 24.1 Å². The van der Waals surface area contributed by atoms with Crippen molar-refractivity contribution in [3.05, 3.63) is 30.1 Å². The molecule has 0 amide bonds. The van der Waals surface area contributed by atoms with Crippen LogP contribution in [0.3, 0.4) is 0 Å². The van der Waals surface area contributed by atoms with Crippen LogP contribution in [0.25, 0.3) is 0 Å². The van der Waals surface area contributed by atoms with Crippen LogP contribution in [0.4, 0.5) is 10.1 Å². The lowest BCUT2D eigenvalue weighted by Gasteiger charge is -2.19. The first-order valence-corrected chi connectivity index (χ1v) is 4.73. The summed E-state index contributed by atoms with van der Waals surface area (Å²) in [4.78, 5) is 2.01. The van der Waals surface area contributed by atoms with Gasteiger partial charge in [0.1, 0.15) is 5.82 Å². The Kier molecular flexibility index (Phi) is 2.21. The summed E-state index contributed by atoms with van der Waals surface area (Å²) >= 11 is 0. The largest absolute Gasteiger partial charge is 0.372 e. The highest BCUT2D eigenvalue weighted by Crippen LogP contribution is 2.31. The summed E-state index contributed by atoms with van der Waals surface area (Å²) < 4.78 is 13.3. The molecule has 70 valence electrons. The summed E-state index contributed by atoms with van der Waals surface area (Å²) in [6.07, 6.45) is 2.61. The average molecular weight is 179 g/mol. The Morgan fingerprint density at radius 3 is 2.69 bits per heavy atom. The number of anilines is 1. The highest BCUT2D eigenvalue weighted by atomic mass is 19.1. The predicted molar refractivity (Wildman–Crippen MR) is 52.4 cm³/mol. The van der Waals surface area contributed by atoms with Gasteiger partial charge in [-0.05, 0) is 30.9 Å². The van der Waals surface area contributed by atoms with Gasteiger partial charge in [0.2, 0.25) is 0 Å². The van der Waals surface area contributed by atoms with E-state index in [1.165, 1.54) is 18.9 Å². The molecule has 0 aromatic heterocycles. The van der Waals surface area contributed by atoms with Gasteiger partial charge >= 0.3 is 0 Å². The standard InChI is InChI=1S/C11H14FN/c1-13(8-9-6-7-9)11-5-3-2-4-10(11)12/h2-5,9H,6-8H2,1H3. The molecule has 2 rings (SSSR count). The molecule has 1 saturated carbocycles. The molecule has 0 N–H and O–H groups in total. The smallest absolute Gasteiger partial charge is 0.146 e. The minimum Gasteiger partial charge on any atom is -0.372 e. The van der Waals surface area contributed by atoms with Crippen LogP contribution in [-0.2, 0) is 0 Å². The van der Waals surface area contributed by atoms with E-state index in [2.05, 4.69) is 0 Å². The third kappa shape index (κ3) is 2.00. The molecule has 13 heavy (non-hydrogen) atoms. The van der Waals surface area contributed by atoms with Crippen molar-refractivity contribution in [1.29, 1.82) is 0 Å². The Bertz CT molecular complexity index is 294. The summed E-state index contributed by atoms with van der Waals surface area (Å²) in [5.41, 5.74) is 0.717. The molecule has 0 radical (unpaired) electrons. The zero-order valence-electron chi connectivity index (χ0n) is 7.83.